The summed E-state index contributed by atoms with van der Waals surface area (Å²) < 4.78 is 0. The summed E-state index contributed by atoms with van der Waals surface area (Å²) in [6.45, 7) is 3.43. The summed E-state index contributed by atoms with van der Waals surface area (Å²) >= 11 is 0. The normalized spacial score (nSPS) is 9.43. The number of terminal acetylenes is 1. The predicted molar refractivity (Wildman–Crippen MR) is 57.8 cm³/mol. The summed E-state index contributed by atoms with van der Waals surface area (Å²) in [6.07, 6.45) is 7.89. The quantitative estimate of drug-likeness (QED) is 0.717. The molecule has 4 nitrogen and oxygen atoms in total. The topological polar surface area (TPSA) is 55.0 Å². The highest BCUT2D eigenvalue weighted by Crippen LogP contribution is 2.08. The summed E-state index contributed by atoms with van der Waals surface area (Å²) in [4.78, 5) is 10.2. The first-order chi connectivity index (χ1) is 6.77. The van der Waals surface area contributed by atoms with Crippen LogP contribution in [0.15, 0.2) is 12.3 Å². The summed E-state index contributed by atoms with van der Waals surface area (Å²) in [5.41, 5.74) is 5.56. The van der Waals surface area contributed by atoms with Crippen molar-refractivity contribution >= 4 is 11.8 Å². The van der Waals surface area contributed by atoms with Crippen LogP contribution in [0.1, 0.15) is 13.3 Å². The molecule has 1 aromatic rings. The maximum Gasteiger partial charge on any atom is 0.228 e. The number of hydrogen-bond donors (Lipinski definition) is 1. The zero-order valence-electron chi connectivity index (χ0n) is 8.27. The lowest BCUT2D eigenvalue weighted by atomic mass is 10.4. The van der Waals surface area contributed by atoms with Crippen LogP contribution in [0.4, 0.5) is 11.8 Å². The van der Waals surface area contributed by atoms with Crippen molar-refractivity contribution in [1.82, 2.24) is 9.97 Å². The average molecular weight is 190 g/mol. The van der Waals surface area contributed by atoms with Crippen LogP contribution in [0.5, 0.6) is 0 Å². The zero-order chi connectivity index (χ0) is 10.4. The minimum absolute atomic E-state index is 0.466. The van der Waals surface area contributed by atoms with Crippen molar-refractivity contribution in [3.05, 3.63) is 12.3 Å². The highest BCUT2D eigenvalue weighted by Gasteiger charge is 2.06. The van der Waals surface area contributed by atoms with Gasteiger partial charge in [-0.2, -0.15) is 4.98 Å². The fourth-order valence-electron chi connectivity index (χ4n) is 1.14. The second-order valence-electron chi connectivity index (χ2n) is 2.91. The molecule has 0 amide bonds. The maximum atomic E-state index is 5.56. The van der Waals surface area contributed by atoms with Crippen LogP contribution in [-0.4, -0.2) is 23.1 Å². The molecule has 0 aliphatic rings. The highest BCUT2D eigenvalue weighted by molar-refractivity contribution is 5.38. The fraction of sp³-hybridized carbons (Fsp3) is 0.400. The lowest BCUT2D eigenvalue weighted by Crippen LogP contribution is -2.26. The van der Waals surface area contributed by atoms with Gasteiger partial charge in [0.15, 0.2) is 0 Å². The van der Waals surface area contributed by atoms with Gasteiger partial charge >= 0.3 is 0 Å². The van der Waals surface area contributed by atoms with Gasteiger partial charge in [0, 0.05) is 12.7 Å². The molecule has 74 valence electrons. The van der Waals surface area contributed by atoms with Gasteiger partial charge < -0.3 is 10.6 Å². The zero-order valence-corrected chi connectivity index (χ0v) is 8.27. The largest absolute Gasteiger partial charge is 0.384 e. The fourth-order valence-corrected chi connectivity index (χ4v) is 1.14. The SMILES string of the molecule is C#CCN(CCC)c1nccc(N)n1. The van der Waals surface area contributed by atoms with Crippen LogP contribution in [0, 0.1) is 12.3 Å². The molecule has 0 spiro atoms. The van der Waals surface area contributed by atoms with Crippen molar-refractivity contribution in [2.45, 2.75) is 13.3 Å². The van der Waals surface area contributed by atoms with Gasteiger partial charge in [0.05, 0.1) is 6.54 Å². The molecular weight excluding hydrogens is 176 g/mol. The molecule has 0 aromatic carbocycles. The van der Waals surface area contributed by atoms with Crippen molar-refractivity contribution in [1.29, 1.82) is 0 Å². The highest BCUT2D eigenvalue weighted by atomic mass is 15.2. The first kappa shape index (κ1) is 10.3. The van der Waals surface area contributed by atoms with E-state index in [9.17, 15) is 0 Å². The first-order valence-electron chi connectivity index (χ1n) is 4.55. The van der Waals surface area contributed by atoms with Gasteiger partial charge in [-0.3, -0.25) is 0 Å². The van der Waals surface area contributed by atoms with E-state index in [1.54, 1.807) is 12.3 Å². The summed E-state index contributed by atoms with van der Waals surface area (Å²) in [5.74, 6) is 3.64. The van der Waals surface area contributed by atoms with Gasteiger partial charge in [-0.25, -0.2) is 4.98 Å². The molecule has 0 bridgehead atoms. The molecule has 0 fully saturated rings. The lowest BCUT2D eigenvalue weighted by molar-refractivity contribution is 0.792. The first-order valence-corrected chi connectivity index (χ1v) is 4.55. The number of rotatable bonds is 4. The Bertz CT molecular complexity index is 329. The molecule has 1 aromatic heterocycles. The number of nitrogen functional groups attached to an aromatic ring is 1. The predicted octanol–water partition coefficient (Wildman–Crippen LogP) is 0.908. The Morgan fingerprint density at radius 3 is 3.00 bits per heavy atom. The van der Waals surface area contributed by atoms with Crippen LogP contribution in [-0.2, 0) is 0 Å². The third-order valence-electron chi connectivity index (χ3n) is 1.72. The van der Waals surface area contributed by atoms with E-state index in [0.717, 1.165) is 13.0 Å². The van der Waals surface area contributed by atoms with Gasteiger partial charge in [0.25, 0.3) is 0 Å². The Morgan fingerprint density at radius 1 is 1.64 bits per heavy atom. The molecule has 4 heteroatoms. The Kier molecular flexibility index (Phi) is 3.74. The van der Waals surface area contributed by atoms with Crippen LogP contribution in [0.25, 0.3) is 0 Å². The van der Waals surface area contributed by atoms with Gasteiger partial charge in [-0.15, -0.1) is 6.42 Å². The Labute approximate surface area is 84.2 Å². The summed E-state index contributed by atoms with van der Waals surface area (Å²) in [5, 5.41) is 0. The van der Waals surface area contributed by atoms with Crippen molar-refractivity contribution in [3.8, 4) is 12.3 Å². The van der Waals surface area contributed by atoms with E-state index < -0.39 is 0 Å². The number of nitrogens with zero attached hydrogens (tertiary/aromatic N) is 3. The van der Waals surface area contributed by atoms with Crippen molar-refractivity contribution < 1.29 is 0 Å². The standard InChI is InChI=1S/C10H14N4/c1-3-7-14(8-4-2)10-12-6-5-9(11)13-10/h1,5-6H,4,7-8H2,2H3,(H2,11,12,13). The van der Waals surface area contributed by atoms with Crippen LogP contribution in [0.3, 0.4) is 0 Å². The van der Waals surface area contributed by atoms with E-state index in [2.05, 4.69) is 22.8 Å². The van der Waals surface area contributed by atoms with Gasteiger partial charge in [-0.1, -0.05) is 12.8 Å². The second-order valence-corrected chi connectivity index (χ2v) is 2.91. The molecule has 0 saturated carbocycles. The maximum absolute atomic E-state index is 5.56. The molecule has 14 heavy (non-hydrogen) atoms. The molecule has 0 unspecified atom stereocenters. The number of anilines is 2. The molecule has 2 N–H and O–H groups in total. The monoisotopic (exact) mass is 190 g/mol. The van der Waals surface area contributed by atoms with Crippen molar-refractivity contribution in [2.24, 2.45) is 0 Å². The molecule has 1 rings (SSSR count). The Balaban J connectivity index is 2.82. The molecule has 1 heterocycles. The lowest BCUT2D eigenvalue weighted by Gasteiger charge is -2.18. The number of nitrogens with two attached hydrogens (primary N) is 1. The number of aromatic nitrogens is 2. The summed E-state index contributed by atoms with van der Waals surface area (Å²) in [7, 11) is 0. The molecular formula is C10H14N4. The second kappa shape index (κ2) is 5.07. The van der Waals surface area contributed by atoms with E-state index in [0.29, 0.717) is 18.3 Å². The van der Waals surface area contributed by atoms with E-state index in [-0.39, 0.29) is 0 Å². The molecule has 0 aliphatic heterocycles. The smallest absolute Gasteiger partial charge is 0.228 e. The molecule has 0 aliphatic carbocycles. The molecule has 0 saturated heterocycles. The van der Waals surface area contributed by atoms with Crippen LogP contribution >= 0.6 is 0 Å². The van der Waals surface area contributed by atoms with Crippen LogP contribution < -0.4 is 10.6 Å². The van der Waals surface area contributed by atoms with Gasteiger partial charge in [0.2, 0.25) is 5.95 Å². The van der Waals surface area contributed by atoms with E-state index in [1.165, 1.54) is 0 Å². The minimum Gasteiger partial charge on any atom is -0.384 e. The molecule has 0 radical (unpaired) electrons. The van der Waals surface area contributed by atoms with E-state index in [1.807, 2.05) is 4.90 Å². The summed E-state index contributed by atoms with van der Waals surface area (Å²) in [6, 6.07) is 1.66. The Hall–Kier alpha value is -1.76. The van der Waals surface area contributed by atoms with E-state index >= 15 is 0 Å². The Morgan fingerprint density at radius 2 is 2.43 bits per heavy atom. The minimum atomic E-state index is 0.466. The number of hydrogen-bond acceptors (Lipinski definition) is 4. The third-order valence-corrected chi connectivity index (χ3v) is 1.72. The van der Waals surface area contributed by atoms with Crippen LogP contribution in [0.2, 0.25) is 0 Å². The molecule has 0 atom stereocenters. The third kappa shape index (κ3) is 2.63. The van der Waals surface area contributed by atoms with Crippen molar-refractivity contribution in [3.63, 3.8) is 0 Å². The van der Waals surface area contributed by atoms with E-state index in [4.69, 9.17) is 12.2 Å². The van der Waals surface area contributed by atoms with Gasteiger partial charge in [-0.05, 0) is 12.5 Å². The average Bonchev–Trinajstić information content (AvgIpc) is 2.17. The van der Waals surface area contributed by atoms with Crippen molar-refractivity contribution in [2.75, 3.05) is 23.7 Å². The van der Waals surface area contributed by atoms with Gasteiger partial charge in [0.1, 0.15) is 5.82 Å².